The Kier molecular flexibility index (Phi) is 7.70. The Bertz CT molecular complexity index is 1040. The van der Waals surface area contributed by atoms with Gasteiger partial charge in [-0.2, -0.15) is 0 Å². The first-order valence-corrected chi connectivity index (χ1v) is 12.0. The number of hydrogen-bond acceptors (Lipinski definition) is 5. The van der Waals surface area contributed by atoms with Crippen molar-refractivity contribution in [3.8, 4) is 11.1 Å². The van der Waals surface area contributed by atoms with Crippen molar-refractivity contribution >= 4 is 18.0 Å². The maximum atomic E-state index is 12.6. The predicted octanol–water partition coefficient (Wildman–Crippen LogP) is 3.50. The van der Waals surface area contributed by atoms with Crippen molar-refractivity contribution in [3.63, 3.8) is 0 Å². The van der Waals surface area contributed by atoms with E-state index in [4.69, 9.17) is 9.47 Å². The van der Waals surface area contributed by atoms with Gasteiger partial charge in [0.2, 0.25) is 5.91 Å². The summed E-state index contributed by atoms with van der Waals surface area (Å²) in [6, 6.07) is 15.9. The Balaban J connectivity index is 1.21. The van der Waals surface area contributed by atoms with E-state index in [9.17, 15) is 19.5 Å². The molecule has 0 spiro atoms. The lowest BCUT2D eigenvalue weighted by molar-refractivity contribution is -0.144. The fourth-order valence-electron chi connectivity index (χ4n) is 4.90. The highest BCUT2D eigenvalue weighted by molar-refractivity contribution is 5.79. The zero-order chi connectivity index (χ0) is 24.9. The van der Waals surface area contributed by atoms with Crippen LogP contribution in [0.2, 0.25) is 0 Å². The first-order chi connectivity index (χ1) is 16.9. The molecule has 1 aliphatic carbocycles. The Morgan fingerprint density at radius 2 is 1.71 bits per heavy atom. The van der Waals surface area contributed by atoms with E-state index in [2.05, 4.69) is 29.6 Å². The van der Waals surface area contributed by atoms with Gasteiger partial charge in [-0.15, -0.1) is 0 Å². The summed E-state index contributed by atoms with van der Waals surface area (Å²) >= 11 is 0. The molecule has 0 bridgehead atoms. The Morgan fingerprint density at radius 3 is 2.34 bits per heavy atom. The summed E-state index contributed by atoms with van der Waals surface area (Å²) in [5.41, 5.74) is 4.68. The van der Waals surface area contributed by atoms with Gasteiger partial charge in [-0.05, 0) is 34.6 Å². The van der Waals surface area contributed by atoms with Gasteiger partial charge in [0.15, 0.2) is 0 Å². The van der Waals surface area contributed by atoms with E-state index in [1.165, 1.54) is 16.0 Å². The van der Waals surface area contributed by atoms with Crippen molar-refractivity contribution in [2.24, 2.45) is 11.8 Å². The maximum Gasteiger partial charge on any atom is 0.407 e. The molecule has 8 nitrogen and oxygen atoms in total. The summed E-state index contributed by atoms with van der Waals surface area (Å²) < 4.78 is 10.8. The summed E-state index contributed by atoms with van der Waals surface area (Å²) in [5.74, 6) is -1.71. The lowest BCUT2D eigenvalue weighted by Crippen LogP contribution is -2.44. The number of rotatable bonds is 9. The van der Waals surface area contributed by atoms with Gasteiger partial charge in [-0.1, -0.05) is 55.5 Å². The third-order valence-electron chi connectivity index (χ3n) is 7.05. The number of benzene rings is 2. The second-order valence-corrected chi connectivity index (χ2v) is 9.40. The first kappa shape index (κ1) is 24.7. The van der Waals surface area contributed by atoms with Crippen LogP contribution < -0.4 is 5.32 Å². The lowest BCUT2D eigenvalue weighted by atomic mass is 9.98. The van der Waals surface area contributed by atoms with Crippen LogP contribution >= 0.6 is 0 Å². The summed E-state index contributed by atoms with van der Waals surface area (Å²) in [7, 11) is 1.62. The molecule has 2 aromatic carbocycles. The van der Waals surface area contributed by atoms with Crippen LogP contribution in [0.5, 0.6) is 0 Å². The van der Waals surface area contributed by atoms with Crippen molar-refractivity contribution < 1.29 is 29.0 Å². The van der Waals surface area contributed by atoms with E-state index < -0.39 is 24.0 Å². The molecule has 8 heteroatoms. The number of amides is 2. The molecule has 0 saturated carbocycles. The highest BCUT2D eigenvalue weighted by Gasteiger charge is 2.38. The fraction of sp³-hybridized carbons (Fsp3) is 0.444. The van der Waals surface area contributed by atoms with E-state index >= 15 is 0 Å². The van der Waals surface area contributed by atoms with E-state index in [0.717, 1.165) is 11.1 Å². The number of likely N-dealkylation sites (N-methyl/N-ethyl adjacent to an activating group) is 1. The maximum absolute atomic E-state index is 12.6. The van der Waals surface area contributed by atoms with Gasteiger partial charge in [0.25, 0.3) is 0 Å². The number of ether oxygens (including phenoxy) is 2. The molecule has 186 valence electrons. The van der Waals surface area contributed by atoms with Crippen molar-refractivity contribution in [1.82, 2.24) is 10.2 Å². The molecular formula is C27H32N2O6. The van der Waals surface area contributed by atoms with Gasteiger partial charge in [0, 0.05) is 25.9 Å². The standard InChI is InChI=1S/C27H32N2O6/c1-17(11-12-25(30)29(2)24-16-34-14-23(24)26(31)32)13-28-27(33)35-15-22-20-9-5-3-7-18(20)19-8-4-6-10-21(19)22/h3-10,17,22-24H,11-16H2,1-2H3,(H,28,33)(H,31,32). The molecule has 1 fully saturated rings. The highest BCUT2D eigenvalue weighted by atomic mass is 16.5. The smallest absolute Gasteiger partial charge is 0.407 e. The molecule has 2 amide bonds. The zero-order valence-corrected chi connectivity index (χ0v) is 20.1. The molecular weight excluding hydrogens is 448 g/mol. The SMILES string of the molecule is CC(CCC(=O)N(C)C1COCC1C(=O)O)CNC(=O)OCC1c2ccccc2-c2ccccc21. The number of nitrogens with one attached hydrogen (secondary N) is 1. The van der Waals surface area contributed by atoms with E-state index in [-0.39, 0.29) is 44.0 Å². The second-order valence-electron chi connectivity index (χ2n) is 9.40. The fourth-order valence-corrected chi connectivity index (χ4v) is 4.90. The molecule has 0 radical (unpaired) electrons. The minimum Gasteiger partial charge on any atom is -0.481 e. The summed E-state index contributed by atoms with van der Waals surface area (Å²) in [5, 5.41) is 12.1. The third kappa shape index (κ3) is 5.48. The summed E-state index contributed by atoms with van der Waals surface area (Å²) in [4.78, 5) is 37.8. The van der Waals surface area contributed by atoms with Gasteiger partial charge in [-0.3, -0.25) is 9.59 Å². The van der Waals surface area contributed by atoms with Crippen molar-refractivity contribution in [2.45, 2.75) is 31.7 Å². The van der Waals surface area contributed by atoms with Crippen LogP contribution in [0.1, 0.15) is 36.8 Å². The van der Waals surface area contributed by atoms with E-state index in [1.807, 2.05) is 31.2 Å². The van der Waals surface area contributed by atoms with Crippen LogP contribution in [-0.2, 0) is 19.1 Å². The monoisotopic (exact) mass is 480 g/mol. The van der Waals surface area contributed by atoms with Gasteiger partial charge < -0.3 is 24.8 Å². The van der Waals surface area contributed by atoms with Crippen LogP contribution in [0.4, 0.5) is 4.79 Å². The van der Waals surface area contributed by atoms with Crippen LogP contribution in [0.15, 0.2) is 48.5 Å². The van der Waals surface area contributed by atoms with Crippen LogP contribution in [0.3, 0.4) is 0 Å². The minimum atomic E-state index is -0.951. The quantitative estimate of drug-likeness (QED) is 0.569. The van der Waals surface area contributed by atoms with Gasteiger partial charge >= 0.3 is 12.1 Å². The van der Waals surface area contributed by atoms with Crippen LogP contribution in [-0.4, -0.2) is 67.4 Å². The molecule has 1 aliphatic heterocycles. The molecule has 1 heterocycles. The molecule has 2 N–H and O–H groups in total. The zero-order valence-electron chi connectivity index (χ0n) is 20.1. The van der Waals surface area contributed by atoms with E-state index in [0.29, 0.717) is 13.0 Å². The third-order valence-corrected chi connectivity index (χ3v) is 7.05. The number of carbonyl (C=O) groups excluding carboxylic acids is 2. The molecule has 3 atom stereocenters. The Labute approximate surface area is 205 Å². The van der Waals surface area contributed by atoms with Gasteiger partial charge in [0.1, 0.15) is 12.5 Å². The lowest BCUT2D eigenvalue weighted by Gasteiger charge is -2.26. The molecule has 35 heavy (non-hydrogen) atoms. The minimum absolute atomic E-state index is 0.00734. The van der Waals surface area contributed by atoms with Crippen molar-refractivity contribution in [1.29, 1.82) is 0 Å². The average molecular weight is 481 g/mol. The van der Waals surface area contributed by atoms with Crippen LogP contribution in [0, 0.1) is 11.8 Å². The highest BCUT2D eigenvalue weighted by Crippen LogP contribution is 2.44. The average Bonchev–Trinajstić information content (AvgIpc) is 3.48. The molecule has 1 saturated heterocycles. The van der Waals surface area contributed by atoms with Gasteiger partial charge in [-0.25, -0.2) is 4.79 Å². The molecule has 0 aromatic heterocycles. The molecule has 3 unspecified atom stereocenters. The Morgan fingerprint density at radius 1 is 1.09 bits per heavy atom. The van der Waals surface area contributed by atoms with Crippen LogP contribution in [0.25, 0.3) is 11.1 Å². The number of nitrogens with zero attached hydrogens (tertiary/aromatic N) is 1. The van der Waals surface area contributed by atoms with E-state index in [1.54, 1.807) is 7.05 Å². The summed E-state index contributed by atoms with van der Waals surface area (Å²) in [6.07, 6.45) is 0.361. The molecule has 2 aromatic rings. The largest absolute Gasteiger partial charge is 0.481 e. The molecule has 4 rings (SSSR count). The number of alkyl carbamates (subject to hydrolysis) is 1. The normalized spacial score (nSPS) is 19.5. The first-order valence-electron chi connectivity index (χ1n) is 12.0. The predicted molar refractivity (Wildman–Crippen MR) is 130 cm³/mol. The number of carboxylic acid groups (broad SMARTS) is 1. The number of fused-ring (bicyclic) bond motifs is 3. The van der Waals surface area contributed by atoms with Crippen molar-refractivity contribution in [2.75, 3.05) is 33.4 Å². The number of carbonyl (C=O) groups is 3. The van der Waals surface area contributed by atoms with Gasteiger partial charge in [0.05, 0.1) is 19.3 Å². The Hall–Kier alpha value is -3.39. The second kappa shape index (κ2) is 10.9. The van der Waals surface area contributed by atoms with Crippen molar-refractivity contribution in [3.05, 3.63) is 59.7 Å². The summed E-state index contributed by atoms with van der Waals surface area (Å²) in [6.45, 7) is 2.95. The number of carboxylic acids is 1. The molecule has 2 aliphatic rings. The number of aliphatic carboxylic acids is 1. The number of hydrogen-bond donors (Lipinski definition) is 2. The topological polar surface area (TPSA) is 105 Å².